The van der Waals surface area contributed by atoms with Crippen LogP contribution in [0.5, 0.6) is 0 Å². The van der Waals surface area contributed by atoms with Gasteiger partial charge in [0.15, 0.2) is 0 Å². The molecule has 1 aromatic rings. The molecular weight excluding hydrogens is 295 g/mol. The van der Waals surface area contributed by atoms with Crippen molar-refractivity contribution in [2.24, 2.45) is 5.41 Å². The van der Waals surface area contributed by atoms with Gasteiger partial charge in [-0.3, -0.25) is 0 Å². The molecule has 0 nitrogen and oxygen atoms in total. The molecule has 3 saturated carbocycles. The van der Waals surface area contributed by atoms with Crippen molar-refractivity contribution in [2.45, 2.75) is 43.0 Å². The monoisotopic (exact) mass is 312 g/mol. The van der Waals surface area contributed by atoms with Gasteiger partial charge in [0.25, 0.3) is 0 Å². The fourth-order valence-electron chi connectivity index (χ4n) is 3.65. The van der Waals surface area contributed by atoms with Crippen LogP contribution >= 0.6 is 22.6 Å². The summed E-state index contributed by atoms with van der Waals surface area (Å²) >= 11 is 2.66. The lowest BCUT2D eigenvalue weighted by Crippen LogP contribution is -2.63. The lowest BCUT2D eigenvalue weighted by molar-refractivity contribution is -0.0614. The van der Waals surface area contributed by atoms with E-state index in [1.165, 1.54) is 36.8 Å². The standard InChI is InChI=1S/C14H17I/c1-10-3-11(2)5-12(4-10)6-13-7-14(15,8-13)9-13/h3-5H,6-9H2,1-2H3. The minimum Gasteiger partial charge on any atom is -0.0788 e. The largest absolute Gasteiger partial charge is 0.0788 e. The van der Waals surface area contributed by atoms with Gasteiger partial charge in [-0.25, -0.2) is 0 Å². The molecule has 4 rings (SSSR count). The quantitative estimate of drug-likeness (QED) is 0.567. The zero-order valence-corrected chi connectivity index (χ0v) is 11.6. The second-order valence-corrected chi connectivity index (χ2v) is 8.14. The van der Waals surface area contributed by atoms with E-state index in [0.717, 1.165) is 3.42 Å². The molecule has 1 aromatic carbocycles. The highest BCUT2D eigenvalue weighted by molar-refractivity contribution is 14.1. The van der Waals surface area contributed by atoms with Crippen molar-refractivity contribution < 1.29 is 0 Å². The maximum Gasteiger partial charge on any atom is 0.0238 e. The predicted molar refractivity (Wildman–Crippen MR) is 72.7 cm³/mol. The van der Waals surface area contributed by atoms with Gasteiger partial charge in [-0.05, 0) is 50.5 Å². The molecule has 0 saturated heterocycles. The molecule has 0 heterocycles. The minimum atomic E-state index is 0.710. The first-order valence-electron chi connectivity index (χ1n) is 5.75. The van der Waals surface area contributed by atoms with Crippen LogP contribution in [0, 0.1) is 19.3 Å². The molecule has 0 spiro atoms. The molecule has 0 unspecified atom stereocenters. The van der Waals surface area contributed by atoms with Gasteiger partial charge in [-0.15, -0.1) is 0 Å². The Morgan fingerprint density at radius 2 is 1.60 bits per heavy atom. The van der Waals surface area contributed by atoms with E-state index < -0.39 is 0 Å². The first kappa shape index (κ1) is 10.1. The Morgan fingerprint density at radius 1 is 1.07 bits per heavy atom. The Kier molecular flexibility index (Phi) is 2.02. The fraction of sp³-hybridized carbons (Fsp3) is 0.571. The Balaban J connectivity index is 1.78. The summed E-state index contributed by atoms with van der Waals surface area (Å²) in [7, 11) is 0. The van der Waals surface area contributed by atoms with Crippen molar-refractivity contribution in [1.29, 1.82) is 0 Å². The predicted octanol–water partition coefficient (Wildman–Crippen LogP) is 4.20. The number of hydrogen-bond donors (Lipinski definition) is 0. The van der Waals surface area contributed by atoms with Crippen molar-refractivity contribution >= 4 is 22.6 Å². The number of alkyl halides is 1. The number of halogens is 1. The zero-order valence-electron chi connectivity index (χ0n) is 9.44. The first-order valence-corrected chi connectivity index (χ1v) is 6.83. The van der Waals surface area contributed by atoms with Gasteiger partial charge in [-0.2, -0.15) is 0 Å². The van der Waals surface area contributed by atoms with Crippen LogP contribution in [0.3, 0.4) is 0 Å². The van der Waals surface area contributed by atoms with Gasteiger partial charge in [0.2, 0.25) is 0 Å². The molecule has 0 amide bonds. The second-order valence-electron chi connectivity index (χ2n) is 5.85. The van der Waals surface area contributed by atoms with Gasteiger partial charge in [0.05, 0.1) is 0 Å². The summed E-state index contributed by atoms with van der Waals surface area (Å²) in [6.07, 6.45) is 5.72. The van der Waals surface area contributed by atoms with Crippen LogP contribution in [0.2, 0.25) is 0 Å². The molecule has 2 bridgehead atoms. The van der Waals surface area contributed by atoms with Crippen molar-refractivity contribution in [3.63, 3.8) is 0 Å². The summed E-state index contributed by atoms with van der Waals surface area (Å²) in [5, 5.41) is 0. The van der Waals surface area contributed by atoms with Crippen LogP contribution in [0.15, 0.2) is 18.2 Å². The number of aryl methyl sites for hydroxylation is 2. The summed E-state index contributed by atoms with van der Waals surface area (Å²) < 4.78 is 0.719. The smallest absolute Gasteiger partial charge is 0.0238 e. The van der Waals surface area contributed by atoms with E-state index in [9.17, 15) is 0 Å². The average Bonchev–Trinajstić information content (AvgIpc) is 1.97. The third kappa shape index (κ3) is 1.63. The first-order chi connectivity index (χ1) is 6.99. The van der Waals surface area contributed by atoms with Gasteiger partial charge >= 0.3 is 0 Å². The lowest BCUT2D eigenvalue weighted by Gasteiger charge is -2.68. The third-order valence-electron chi connectivity index (χ3n) is 3.94. The van der Waals surface area contributed by atoms with Crippen molar-refractivity contribution in [3.8, 4) is 0 Å². The zero-order chi connectivity index (χ0) is 10.7. The Bertz CT molecular complexity index is 379. The Morgan fingerprint density at radius 3 is 2.07 bits per heavy atom. The molecule has 3 aliphatic carbocycles. The molecule has 0 N–H and O–H groups in total. The van der Waals surface area contributed by atoms with E-state index in [1.807, 2.05) is 0 Å². The molecule has 3 aliphatic rings. The number of benzene rings is 1. The number of hydrogen-bond acceptors (Lipinski definition) is 0. The van der Waals surface area contributed by atoms with Crippen LogP contribution in [-0.2, 0) is 6.42 Å². The summed E-state index contributed by atoms with van der Waals surface area (Å²) in [6, 6.07) is 7.01. The highest BCUT2D eigenvalue weighted by Crippen LogP contribution is 2.72. The van der Waals surface area contributed by atoms with E-state index >= 15 is 0 Å². The van der Waals surface area contributed by atoms with Crippen LogP contribution in [0.1, 0.15) is 36.0 Å². The summed E-state index contributed by atoms with van der Waals surface area (Å²) in [6.45, 7) is 4.41. The van der Waals surface area contributed by atoms with Crippen LogP contribution < -0.4 is 0 Å². The van der Waals surface area contributed by atoms with Gasteiger partial charge in [0.1, 0.15) is 0 Å². The minimum absolute atomic E-state index is 0.710. The van der Waals surface area contributed by atoms with Gasteiger partial charge in [-0.1, -0.05) is 51.9 Å². The van der Waals surface area contributed by atoms with Gasteiger partial charge in [0, 0.05) is 3.42 Å². The van der Waals surface area contributed by atoms with Crippen LogP contribution in [0.25, 0.3) is 0 Å². The Labute approximate surface area is 106 Å². The summed E-state index contributed by atoms with van der Waals surface area (Å²) in [4.78, 5) is 0. The van der Waals surface area contributed by atoms with Crippen molar-refractivity contribution in [1.82, 2.24) is 0 Å². The van der Waals surface area contributed by atoms with E-state index in [1.54, 1.807) is 5.56 Å². The average molecular weight is 312 g/mol. The van der Waals surface area contributed by atoms with Crippen LogP contribution in [0.4, 0.5) is 0 Å². The van der Waals surface area contributed by atoms with E-state index in [4.69, 9.17) is 0 Å². The fourth-order valence-corrected chi connectivity index (χ4v) is 6.08. The lowest BCUT2D eigenvalue weighted by atomic mass is 9.43. The topological polar surface area (TPSA) is 0 Å². The molecular formula is C14H17I. The third-order valence-corrected chi connectivity index (χ3v) is 5.08. The summed E-state index contributed by atoms with van der Waals surface area (Å²) in [5.74, 6) is 0. The van der Waals surface area contributed by atoms with Crippen molar-refractivity contribution in [3.05, 3.63) is 34.9 Å². The molecule has 80 valence electrons. The molecule has 0 atom stereocenters. The molecule has 1 heteroatoms. The molecule has 0 aromatic heterocycles. The SMILES string of the molecule is Cc1cc(C)cc(CC23CC(I)(C2)C3)c1. The highest BCUT2D eigenvalue weighted by atomic mass is 127. The molecule has 15 heavy (non-hydrogen) atoms. The molecule has 0 radical (unpaired) electrons. The van der Waals surface area contributed by atoms with E-state index in [0.29, 0.717) is 5.41 Å². The maximum absolute atomic E-state index is 2.66. The number of rotatable bonds is 2. The van der Waals surface area contributed by atoms with Crippen LogP contribution in [-0.4, -0.2) is 3.42 Å². The molecule has 3 fully saturated rings. The highest BCUT2D eigenvalue weighted by Gasteiger charge is 2.65. The van der Waals surface area contributed by atoms with Gasteiger partial charge < -0.3 is 0 Å². The Hall–Kier alpha value is -0.0500. The normalized spacial score (nSPS) is 37.0. The summed E-state index contributed by atoms with van der Waals surface area (Å²) in [5.41, 5.74) is 5.11. The second kappa shape index (κ2) is 2.99. The maximum atomic E-state index is 2.66. The molecule has 0 aliphatic heterocycles. The van der Waals surface area contributed by atoms with Crippen molar-refractivity contribution in [2.75, 3.05) is 0 Å². The van der Waals surface area contributed by atoms with E-state index in [-0.39, 0.29) is 0 Å². The van der Waals surface area contributed by atoms with E-state index in [2.05, 4.69) is 54.6 Å².